The number of carbonyl (C=O) groups excluding carboxylic acids is 1. The Morgan fingerprint density at radius 3 is 2.52 bits per heavy atom. The number of alkyl halides is 3. The van der Waals surface area contributed by atoms with Gasteiger partial charge in [-0.1, -0.05) is 22.4 Å². The number of oxime groups is 1. The summed E-state index contributed by atoms with van der Waals surface area (Å²) in [7, 11) is 0. The molecule has 1 aromatic heterocycles. The smallest absolute Gasteiger partial charge is 0.471 e. The third kappa shape index (κ3) is 5.80. The van der Waals surface area contributed by atoms with E-state index in [1.54, 1.807) is 0 Å². The minimum Gasteiger partial charge on any atom is -0.479 e. The fourth-order valence-electron chi connectivity index (χ4n) is 1.77. The average Bonchev–Trinajstić information content (AvgIpc) is 3.10. The molecule has 0 atom stereocenters. The lowest BCUT2D eigenvalue weighted by Crippen LogP contribution is -2.28. The van der Waals surface area contributed by atoms with Crippen molar-refractivity contribution in [1.82, 2.24) is 15.5 Å². The molecule has 2 rings (SSSR count). The molecule has 1 aromatic carbocycles. The SMILES string of the molecule is CC(CNC(=O)c1ccc(-c2noc(C(F)(F)F)n2)cc1)=NOCC(=O)O. The van der Waals surface area contributed by atoms with Crippen molar-refractivity contribution in [2.45, 2.75) is 13.1 Å². The van der Waals surface area contributed by atoms with E-state index >= 15 is 0 Å². The summed E-state index contributed by atoms with van der Waals surface area (Å²) in [6.45, 7) is 0.943. The number of aliphatic carboxylic acids is 1. The molecule has 0 saturated carbocycles. The largest absolute Gasteiger partial charge is 0.479 e. The van der Waals surface area contributed by atoms with Crippen molar-refractivity contribution < 1.29 is 37.2 Å². The van der Waals surface area contributed by atoms with E-state index in [9.17, 15) is 22.8 Å². The monoisotopic (exact) mass is 386 g/mol. The molecule has 0 bridgehead atoms. The molecule has 0 saturated heterocycles. The van der Waals surface area contributed by atoms with Gasteiger partial charge in [-0.3, -0.25) is 4.79 Å². The highest BCUT2D eigenvalue weighted by Crippen LogP contribution is 2.29. The molecule has 12 heteroatoms. The maximum atomic E-state index is 12.5. The van der Waals surface area contributed by atoms with Gasteiger partial charge >= 0.3 is 18.0 Å². The zero-order chi connectivity index (χ0) is 20.0. The molecule has 0 aliphatic heterocycles. The number of carboxylic acids is 1. The van der Waals surface area contributed by atoms with Crippen molar-refractivity contribution in [3.63, 3.8) is 0 Å². The molecule has 2 N–H and O–H groups in total. The summed E-state index contributed by atoms with van der Waals surface area (Å²) in [5, 5.41) is 17.7. The molecule has 9 nitrogen and oxygen atoms in total. The van der Waals surface area contributed by atoms with Crippen molar-refractivity contribution in [3.05, 3.63) is 35.7 Å². The molecule has 0 aliphatic rings. The standard InChI is InChI=1S/C15H13F3N4O5/c1-8(21-26-7-11(23)24)6-19-13(25)10-4-2-9(3-5-10)12-20-14(27-22-12)15(16,17)18/h2-5H,6-7H2,1H3,(H,19,25)(H,23,24). The zero-order valence-electron chi connectivity index (χ0n) is 13.8. The Bertz CT molecular complexity index is 846. The minimum atomic E-state index is -4.74. The summed E-state index contributed by atoms with van der Waals surface area (Å²) < 4.78 is 41.5. The Balaban J connectivity index is 1.95. The highest BCUT2D eigenvalue weighted by atomic mass is 19.4. The molecule has 1 amide bonds. The van der Waals surface area contributed by atoms with Gasteiger partial charge in [-0.15, -0.1) is 0 Å². The summed E-state index contributed by atoms with van der Waals surface area (Å²) in [5.41, 5.74) is 0.816. The molecular formula is C15H13F3N4O5. The Morgan fingerprint density at radius 1 is 1.30 bits per heavy atom. The number of nitrogens with one attached hydrogen (secondary N) is 1. The summed E-state index contributed by atoms with van der Waals surface area (Å²) in [4.78, 5) is 30.1. The molecular weight excluding hydrogens is 373 g/mol. The van der Waals surface area contributed by atoms with Gasteiger partial charge in [-0.25, -0.2) is 4.79 Å². The summed E-state index contributed by atoms with van der Waals surface area (Å²) in [6.07, 6.45) is -4.74. The van der Waals surface area contributed by atoms with Crippen LogP contribution in [-0.4, -0.2) is 46.0 Å². The Morgan fingerprint density at radius 2 is 1.96 bits per heavy atom. The van der Waals surface area contributed by atoms with Gasteiger partial charge in [0.15, 0.2) is 0 Å². The second-order valence-electron chi connectivity index (χ2n) is 5.17. The van der Waals surface area contributed by atoms with E-state index in [-0.39, 0.29) is 23.5 Å². The molecule has 2 aromatic rings. The number of rotatable bonds is 7. The van der Waals surface area contributed by atoms with Gasteiger partial charge in [0.2, 0.25) is 12.4 Å². The molecule has 0 spiro atoms. The number of halogens is 3. The number of nitrogens with zero attached hydrogens (tertiary/aromatic N) is 3. The molecule has 0 aliphatic carbocycles. The van der Waals surface area contributed by atoms with Gasteiger partial charge in [0.1, 0.15) is 0 Å². The molecule has 0 radical (unpaired) electrons. The topological polar surface area (TPSA) is 127 Å². The van der Waals surface area contributed by atoms with Crippen LogP contribution in [-0.2, 0) is 15.8 Å². The van der Waals surface area contributed by atoms with E-state index in [4.69, 9.17) is 5.11 Å². The van der Waals surface area contributed by atoms with Crippen molar-refractivity contribution in [2.75, 3.05) is 13.2 Å². The van der Waals surface area contributed by atoms with Gasteiger partial charge in [-0.2, -0.15) is 18.2 Å². The first-order valence-corrected chi connectivity index (χ1v) is 7.33. The second kappa shape index (κ2) is 8.29. The third-order valence-corrected chi connectivity index (χ3v) is 2.99. The van der Waals surface area contributed by atoms with Crippen LogP contribution in [0.3, 0.4) is 0 Å². The van der Waals surface area contributed by atoms with Crippen molar-refractivity contribution in [2.24, 2.45) is 5.16 Å². The summed E-state index contributed by atoms with van der Waals surface area (Å²) in [6, 6.07) is 5.50. The molecule has 1 heterocycles. The van der Waals surface area contributed by atoms with Crippen molar-refractivity contribution in [1.29, 1.82) is 0 Å². The predicted molar refractivity (Wildman–Crippen MR) is 83.8 cm³/mol. The van der Waals surface area contributed by atoms with Crippen LogP contribution in [0, 0.1) is 0 Å². The number of aromatic nitrogens is 2. The number of benzene rings is 1. The van der Waals surface area contributed by atoms with E-state index < -0.39 is 30.6 Å². The van der Waals surface area contributed by atoms with Crippen LogP contribution in [0.5, 0.6) is 0 Å². The van der Waals surface area contributed by atoms with Gasteiger partial charge in [0.05, 0.1) is 12.3 Å². The zero-order valence-corrected chi connectivity index (χ0v) is 13.8. The van der Waals surface area contributed by atoms with Crippen LogP contribution in [0.25, 0.3) is 11.4 Å². The molecule has 0 fully saturated rings. The summed E-state index contributed by atoms with van der Waals surface area (Å²) in [5.74, 6) is -3.37. The lowest BCUT2D eigenvalue weighted by Gasteiger charge is -2.05. The van der Waals surface area contributed by atoms with E-state index in [1.165, 1.54) is 31.2 Å². The number of hydrogen-bond donors (Lipinski definition) is 2. The molecule has 27 heavy (non-hydrogen) atoms. The highest BCUT2D eigenvalue weighted by molar-refractivity contribution is 5.97. The van der Waals surface area contributed by atoms with Crippen LogP contribution in [0.15, 0.2) is 33.9 Å². The normalized spacial score (nSPS) is 11.9. The number of carboxylic acid groups (broad SMARTS) is 1. The van der Waals surface area contributed by atoms with Gasteiger partial charge in [-0.05, 0) is 19.1 Å². The Hall–Kier alpha value is -3.44. The van der Waals surface area contributed by atoms with Crippen LogP contribution in [0.4, 0.5) is 13.2 Å². The summed E-state index contributed by atoms with van der Waals surface area (Å²) >= 11 is 0. The maximum Gasteiger partial charge on any atom is 0.471 e. The van der Waals surface area contributed by atoms with Gasteiger partial charge < -0.3 is 19.8 Å². The molecule has 144 valence electrons. The van der Waals surface area contributed by atoms with Crippen LogP contribution < -0.4 is 5.32 Å². The van der Waals surface area contributed by atoms with E-state index in [0.717, 1.165) is 0 Å². The minimum absolute atomic E-state index is 0.0139. The Labute approximate surface area is 149 Å². The van der Waals surface area contributed by atoms with Crippen molar-refractivity contribution in [3.8, 4) is 11.4 Å². The first-order valence-electron chi connectivity index (χ1n) is 7.33. The number of carbonyl (C=O) groups is 2. The fraction of sp³-hybridized carbons (Fsp3) is 0.267. The quantitative estimate of drug-likeness (QED) is 0.550. The predicted octanol–water partition coefficient (Wildman–Crippen LogP) is 1.96. The molecule has 0 unspecified atom stereocenters. The number of hydrogen-bond acceptors (Lipinski definition) is 7. The maximum absolute atomic E-state index is 12.5. The fourth-order valence-corrected chi connectivity index (χ4v) is 1.77. The van der Waals surface area contributed by atoms with Gasteiger partial charge in [0, 0.05) is 11.1 Å². The first kappa shape index (κ1) is 19.9. The third-order valence-electron chi connectivity index (χ3n) is 2.99. The highest BCUT2D eigenvalue weighted by Gasteiger charge is 2.38. The van der Waals surface area contributed by atoms with Crippen LogP contribution in [0.1, 0.15) is 23.2 Å². The van der Waals surface area contributed by atoms with Crippen molar-refractivity contribution >= 4 is 17.6 Å². The lowest BCUT2D eigenvalue weighted by molar-refractivity contribution is -0.159. The van der Waals surface area contributed by atoms with E-state index in [1.807, 2.05) is 0 Å². The first-order chi connectivity index (χ1) is 12.7. The Kier molecular flexibility index (Phi) is 6.11. The van der Waals surface area contributed by atoms with E-state index in [2.05, 4.69) is 30.0 Å². The van der Waals surface area contributed by atoms with Gasteiger partial charge in [0.25, 0.3) is 5.91 Å². The number of amides is 1. The van der Waals surface area contributed by atoms with Crippen LogP contribution >= 0.6 is 0 Å². The van der Waals surface area contributed by atoms with Crippen LogP contribution in [0.2, 0.25) is 0 Å². The lowest BCUT2D eigenvalue weighted by atomic mass is 10.1. The second-order valence-corrected chi connectivity index (χ2v) is 5.17. The van der Waals surface area contributed by atoms with E-state index in [0.29, 0.717) is 5.71 Å². The average molecular weight is 386 g/mol.